The molecule has 4 saturated heterocycles. The summed E-state index contributed by atoms with van der Waals surface area (Å²) in [5, 5.41) is 4.00. The number of halogens is 3. The van der Waals surface area contributed by atoms with Crippen molar-refractivity contribution in [3.8, 4) is 16.9 Å². The van der Waals surface area contributed by atoms with Crippen LogP contribution in [0.4, 0.5) is 15.8 Å². The number of morpholine rings is 1. The van der Waals surface area contributed by atoms with Crippen LogP contribution in [0.1, 0.15) is 45.5 Å². The van der Waals surface area contributed by atoms with Gasteiger partial charge in [0.1, 0.15) is 11.6 Å². The smallest absolute Gasteiger partial charge is 0.340 e. The Hall–Kier alpha value is -3.57. The molecule has 5 heterocycles. The molecule has 240 valence electrons. The van der Waals surface area contributed by atoms with Gasteiger partial charge in [-0.3, -0.25) is 4.79 Å². The van der Waals surface area contributed by atoms with Crippen molar-refractivity contribution in [2.24, 2.45) is 0 Å². The lowest BCUT2D eigenvalue weighted by atomic mass is 9.88. The number of piperazine rings is 1. The molecule has 46 heavy (non-hydrogen) atoms. The summed E-state index contributed by atoms with van der Waals surface area (Å²) in [6.45, 7) is 3.07. The molecule has 1 amide bonds. The maximum Gasteiger partial charge on any atom is 0.340 e. The van der Waals surface area contributed by atoms with Crippen molar-refractivity contribution in [3.63, 3.8) is 0 Å². The number of piperidine rings is 1. The average Bonchev–Trinajstić information content (AvgIpc) is 3.30. The molecule has 1 N–H and O–H groups in total. The van der Waals surface area contributed by atoms with Gasteiger partial charge in [-0.1, -0.05) is 41.4 Å². The molecule has 3 aromatic carbocycles. The number of carbonyl (C=O) groups excluding carboxylic acids is 2. The Balaban J connectivity index is 1.09. The number of methoxy groups -OCH3 is 1. The van der Waals surface area contributed by atoms with Gasteiger partial charge in [-0.2, -0.15) is 0 Å². The molecule has 0 aliphatic carbocycles. The number of amides is 1. The molecule has 12 heteroatoms. The number of esters is 1. The van der Waals surface area contributed by atoms with Gasteiger partial charge in [-0.15, -0.1) is 0 Å². The first kappa shape index (κ1) is 29.8. The lowest BCUT2D eigenvalue weighted by molar-refractivity contribution is 0.0515. The van der Waals surface area contributed by atoms with E-state index in [1.54, 1.807) is 12.1 Å². The number of para-hydroxylation sites is 1. The molecular formula is C34H33Cl2FN4O5. The monoisotopic (exact) mass is 666 g/mol. The fourth-order valence-corrected chi connectivity index (χ4v) is 8.50. The molecule has 3 aromatic rings. The van der Waals surface area contributed by atoms with Crippen molar-refractivity contribution in [2.45, 2.75) is 50.0 Å². The van der Waals surface area contributed by atoms with Gasteiger partial charge in [0.05, 0.1) is 65.8 Å². The largest absolute Gasteiger partial charge is 0.472 e. The highest BCUT2D eigenvalue weighted by atomic mass is 35.5. The van der Waals surface area contributed by atoms with Gasteiger partial charge < -0.3 is 34.2 Å². The second-order valence-electron chi connectivity index (χ2n) is 12.6. The summed E-state index contributed by atoms with van der Waals surface area (Å²) >= 11 is 13.4. The Morgan fingerprint density at radius 3 is 2.35 bits per heavy atom. The van der Waals surface area contributed by atoms with Crippen LogP contribution in [0.2, 0.25) is 10.0 Å². The van der Waals surface area contributed by atoms with Crippen LogP contribution in [0, 0.1) is 5.82 Å². The lowest BCUT2D eigenvalue weighted by Crippen LogP contribution is -2.68. The summed E-state index contributed by atoms with van der Waals surface area (Å²) in [4.78, 5) is 32.6. The maximum absolute atomic E-state index is 15.9. The summed E-state index contributed by atoms with van der Waals surface area (Å²) in [5.74, 6) is -1.03. The molecule has 0 aromatic heterocycles. The van der Waals surface area contributed by atoms with Gasteiger partial charge >= 0.3 is 5.97 Å². The Kier molecular flexibility index (Phi) is 7.51. The number of rotatable bonds is 5. The molecule has 4 fully saturated rings. The van der Waals surface area contributed by atoms with Gasteiger partial charge in [-0.25, -0.2) is 9.18 Å². The molecule has 5 aliphatic rings. The highest BCUT2D eigenvalue weighted by Crippen LogP contribution is 2.44. The predicted molar refractivity (Wildman–Crippen MR) is 173 cm³/mol. The first-order valence-corrected chi connectivity index (χ1v) is 16.4. The molecule has 8 rings (SSSR count). The maximum atomic E-state index is 15.9. The van der Waals surface area contributed by atoms with Gasteiger partial charge in [0.25, 0.3) is 5.91 Å². The number of nitrogens with one attached hydrogen (secondary N) is 1. The Morgan fingerprint density at radius 1 is 0.957 bits per heavy atom. The fraction of sp³-hybridized carbons (Fsp3) is 0.412. The third-order valence-corrected chi connectivity index (χ3v) is 10.6. The van der Waals surface area contributed by atoms with E-state index in [4.69, 9.17) is 37.4 Å². The van der Waals surface area contributed by atoms with E-state index in [0.717, 1.165) is 38.0 Å². The second kappa shape index (κ2) is 11.6. The number of anilines is 2. The number of ether oxygens (including phenoxy) is 3. The standard InChI is InChI=1S/C34H33Cl2FN4O5/c1-44-34(43)26-10-29(37)25(11-30(26)41-19-5-6-20(41)16-45-15-19)24-4-2-3-18-14-39(17-46-32(18)24)33(42)31-27(35)8-21(9-28(31)36)40-22-7-23(40)13-38-12-22/h2-4,8-11,19-20,22-23,38H,5-7,12-17H2,1H3. The van der Waals surface area contributed by atoms with E-state index in [-0.39, 0.29) is 42.4 Å². The van der Waals surface area contributed by atoms with Crippen molar-refractivity contribution >= 4 is 46.5 Å². The van der Waals surface area contributed by atoms with Crippen LogP contribution in [-0.4, -0.2) is 81.1 Å². The molecule has 4 bridgehead atoms. The van der Waals surface area contributed by atoms with E-state index in [0.29, 0.717) is 63.5 Å². The molecule has 0 spiro atoms. The number of benzene rings is 3. The topological polar surface area (TPSA) is 83.6 Å². The van der Waals surface area contributed by atoms with Crippen molar-refractivity contribution in [2.75, 3.05) is 49.9 Å². The SMILES string of the molecule is COC(=O)c1cc(F)c(-c2cccc3c2OCN(C(=O)c2c(Cl)cc(N4C5CNCC4C5)cc2Cl)C3)cc1N1C2CCC1COC2. The van der Waals surface area contributed by atoms with E-state index in [1.807, 2.05) is 24.3 Å². The van der Waals surface area contributed by atoms with Crippen LogP contribution in [0.3, 0.4) is 0 Å². The zero-order chi connectivity index (χ0) is 31.7. The van der Waals surface area contributed by atoms with E-state index in [9.17, 15) is 9.59 Å². The summed E-state index contributed by atoms with van der Waals surface area (Å²) in [6.07, 6.45) is 2.99. The number of carbonyl (C=O) groups is 2. The van der Waals surface area contributed by atoms with E-state index in [1.165, 1.54) is 18.1 Å². The van der Waals surface area contributed by atoms with Gasteiger partial charge in [-0.05, 0) is 43.5 Å². The minimum absolute atomic E-state index is 0.0679. The molecule has 4 unspecified atom stereocenters. The minimum atomic E-state index is -0.595. The second-order valence-corrected chi connectivity index (χ2v) is 13.4. The molecule has 9 nitrogen and oxygen atoms in total. The molecule has 0 radical (unpaired) electrons. The van der Waals surface area contributed by atoms with Gasteiger partial charge in [0.2, 0.25) is 0 Å². The van der Waals surface area contributed by atoms with Crippen molar-refractivity contribution in [1.82, 2.24) is 10.2 Å². The normalized spacial score (nSPS) is 24.7. The average molecular weight is 668 g/mol. The van der Waals surface area contributed by atoms with Crippen molar-refractivity contribution in [3.05, 3.63) is 75.0 Å². The third-order valence-electron chi connectivity index (χ3n) is 10.0. The highest BCUT2D eigenvalue weighted by molar-refractivity contribution is 6.40. The summed E-state index contributed by atoms with van der Waals surface area (Å²) in [7, 11) is 1.30. The molecule has 0 saturated carbocycles. The molecular weight excluding hydrogens is 634 g/mol. The van der Waals surface area contributed by atoms with Crippen LogP contribution in [0.5, 0.6) is 5.75 Å². The quantitative estimate of drug-likeness (QED) is 0.358. The Labute approximate surface area is 276 Å². The third kappa shape index (κ3) is 4.80. The first-order chi connectivity index (χ1) is 22.3. The van der Waals surface area contributed by atoms with Crippen molar-refractivity contribution < 1.29 is 28.2 Å². The van der Waals surface area contributed by atoms with Gasteiger partial charge in [0.15, 0.2) is 6.73 Å². The highest BCUT2D eigenvalue weighted by Gasteiger charge is 2.42. The van der Waals surface area contributed by atoms with Crippen LogP contribution >= 0.6 is 23.2 Å². The zero-order valence-electron chi connectivity index (χ0n) is 25.2. The molecule has 4 atom stereocenters. The Morgan fingerprint density at radius 2 is 1.67 bits per heavy atom. The minimum Gasteiger partial charge on any atom is -0.472 e. The number of hydrogen-bond acceptors (Lipinski definition) is 8. The van der Waals surface area contributed by atoms with Crippen LogP contribution in [0.25, 0.3) is 11.1 Å². The summed E-state index contributed by atoms with van der Waals surface area (Å²) < 4.78 is 32.8. The summed E-state index contributed by atoms with van der Waals surface area (Å²) in [6, 6.07) is 13.0. The number of nitrogens with zero attached hydrogens (tertiary/aromatic N) is 3. The lowest BCUT2D eigenvalue weighted by Gasteiger charge is -2.54. The summed E-state index contributed by atoms with van der Waals surface area (Å²) in [5.41, 5.74) is 3.51. The van der Waals surface area contributed by atoms with Crippen LogP contribution in [-0.2, 0) is 16.0 Å². The van der Waals surface area contributed by atoms with Crippen molar-refractivity contribution in [1.29, 1.82) is 0 Å². The molecule has 5 aliphatic heterocycles. The Bertz CT molecular complexity index is 1700. The zero-order valence-corrected chi connectivity index (χ0v) is 26.7. The van der Waals surface area contributed by atoms with Crippen LogP contribution in [0.15, 0.2) is 42.5 Å². The first-order valence-electron chi connectivity index (χ1n) is 15.6. The van der Waals surface area contributed by atoms with E-state index >= 15 is 4.39 Å². The number of hydrogen-bond donors (Lipinski definition) is 1. The van der Waals surface area contributed by atoms with Crippen LogP contribution < -0.4 is 19.9 Å². The van der Waals surface area contributed by atoms with E-state index < -0.39 is 11.8 Å². The predicted octanol–water partition coefficient (Wildman–Crippen LogP) is 5.50. The van der Waals surface area contributed by atoms with Gasteiger partial charge in [0, 0.05) is 47.6 Å². The number of fused-ring (bicyclic) bond motifs is 5. The fourth-order valence-electron chi connectivity index (χ4n) is 7.87. The van der Waals surface area contributed by atoms with E-state index in [2.05, 4.69) is 15.1 Å².